The maximum Gasteiger partial charge on any atom is 0.343 e. The van der Waals surface area contributed by atoms with Gasteiger partial charge in [-0.25, -0.2) is 13.2 Å². The monoisotopic (exact) mass is 387 g/mol. The molecule has 0 unspecified atom stereocenters. The molecule has 2 aromatic carbocycles. The number of carbonyl (C=O) groups is 1. The fraction of sp³-hybridized carbons (Fsp3) is 0.263. The predicted molar refractivity (Wildman–Crippen MR) is 103 cm³/mol. The van der Waals surface area contributed by atoms with Gasteiger partial charge in [-0.3, -0.25) is 9.36 Å². The minimum Gasteiger partial charge on any atom is -0.355 e. The van der Waals surface area contributed by atoms with Gasteiger partial charge in [-0.1, -0.05) is 31.2 Å². The summed E-state index contributed by atoms with van der Waals surface area (Å²) in [6.45, 7) is 3.96. The van der Waals surface area contributed by atoms with Gasteiger partial charge in [-0.05, 0) is 43.2 Å². The summed E-state index contributed by atoms with van der Waals surface area (Å²) < 4.78 is 28.2. The second-order valence-electron chi connectivity index (χ2n) is 6.29. The van der Waals surface area contributed by atoms with E-state index in [0.29, 0.717) is 12.1 Å². The summed E-state index contributed by atoms with van der Waals surface area (Å²) in [6.07, 6.45) is 0.768. The number of nitrogens with one attached hydrogen (secondary N) is 1. The molecule has 1 N–H and O–H groups in total. The third-order valence-electron chi connectivity index (χ3n) is 4.20. The number of aromatic nitrogens is 2. The Morgan fingerprint density at radius 1 is 1.07 bits per heavy atom. The van der Waals surface area contributed by atoms with Gasteiger partial charge in [0.1, 0.15) is 6.54 Å². The zero-order valence-corrected chi connectivity index (χ0v) is 16.0. The van der Waals surface area contributed by atoms with Crippen LogP contribution in [0, 0.1) is 6.92 Å². The number of aryl methyl sites for hydroxylation is 1. The Morgan fingerprint density at radius 2 is 1.78 bits per heavy atom. The van der Waals surface area contributed by atoms with Gasteiger partial charge in [-0.2, -0.15) is 3.97 Å². The van der Waals surface area contributed by atoms with Crippen molar-refractivity contribution < 1.29 is 13.2 Å². The van der Waals surface area contributed by atoms with Crippen LogP contribution in [-0.2, 0) is 21.4 Å². The van der Waals surface area contributed by atoms with E-state index in [9.17, 15) is 18.0 Å². The van der Waals surface area contributed by atoms with Crippen LogP contribution < -0.4 is 11.0 Å². The number of carbonyl (C=O) groups excluding carboxylic acids is 1. The number of para-hydroxylation sites is 2. The van der Waals surface area contributed by atoms with E-state index >= 15 is 0 Å². The smallest absolute Gasteiger partial charge is 0.343 e. The molecule has 7 nitrogen and oxygen atoms in total. The largest absolute Gasteiger partial charge is 0.355 e. The van der Waals surface area contributed by atoms with Crippen molar-refractivity contribution >= 4 is 27.0 Å². The summed E-state index contributed by atoms with van der Waals surface area (Å²) in [4.78, 5) is 25.1. The highest BCUT2D eigenvalue weighted by atomic mass is 32.2. The average Bonchev–Trinajstić information content (AvgIpc) is 2.92. The molecular formula is C19H21N3O4S. The average molecular weight is 387 g/mol. The zero-order chi connectivity index (χ0) is 19.6. The lowest BCUT2D eigenvalue weighted by molar-refractivity contribution is -0.121. The fourth-order valence-corrected chi connectivity index (χ4v) is 4.42. The number of rotatable bonds is 6. The molecule has 0 spiro atoms. The second kappa shape index (κ2) is 7.40. The maximum atomic E-state index is 13.1. The molecule has 0 aliphatic rings. The van der Waals surface area contributed by atoms with Gasteiger partial charge in [0.05, 0.1) is 15.9 Å². The molecule has 3 rings (SSSR count). The van der Waals surface area contributed by atoms with Gasteiger partial charge < -0.3 is 5.32 Å². The molecule has 0 saturated heterocycles. The zero-order valence-electron chi connectivity index (χ0n) is 15.2. The topological polar surface area (TPSA) is 90.2 Å². The maximum absolute atomic E-state index is 13.1. The number of benzene rings is 2. The lowest BCUT2D eigenvalue weighted by Crippen LogP contribution is -2.35. The van der Waals surface area contributed by atoms with Gasteiger partial charge in [0.25, 0.3) is 10.0 Å². The van der Waals surface area contributed by atoms with Crippen molar-refractivity contribution in [3.05, 3.63) is 64.6 Å². The molecular weight excluding hydrogens is 366 g/mol. The fourth-order valence-electron chi connectivity index (χ4n) is 2.91. The van der Waals surface area contributed by atoms with E-state index in [2.05, 4.69) is 5.32 Å². The van der Waals surface area contributed by atoms with Gasteiger partial charge in [-0.15, -0.1) is 0 Å². The molecule has 1 amide bonds. The first-order chi connectivity index (χ1) is 12.9. The number of amides is 1. The highest BCUT2D eigenvalue weighted by Crippen LogP contribution is 2.20. The number of hydrogen-bond donors (Lipinski definition) is 1. The Labute approximate surface area is 157 Å². The van der Waals surface area contributed by atoms with Crippen molar-refractivity contribution in [3.8, 4) is 0 Å². The summed E-state index contributed by atoms with van der Waals surface area (Å²) in [5.41, 5.74) is 0.647. The van der Waals surface area contributed by atoms with Crippen LogP contribution in [0.5, 0.6) is 0 Å². The van der Waals surface area contributed by atoms with Crippen LogP contribution in [0.2, 0.25) is 0 Å². The van der Waals surface area contributed by atoms with Gasteiger partial charge >= 0.3 is 5.69 Å². The first kappa shape index (κ1) is 18.9. The van der Waals surface area contributed by atoms with E-state index in [1.165, 1.54) is 16.7 Å². The highest BCUT2D eigenvalue weighted by Gasteiger charge is 2.25. The van der Waals surface area contributed by atoms with E-state index < -0.39 is 15.7 Å². The number of hydrogen-bond acceptors (Lipinski definition) is 4. The molecule has 0 bridgehead atoms. The molecule has 27 heavy (non-hydrogen) atoms. The van der Waals surface area contributed by atoms with Crippen molar-refractivity contribution in [2.75, 3.05) is 6.54 Å². The molecule has 8 heteroatoms. The summed E-state index contributed by atoms with van der Waals surface area (Å²) in [6, 6.07) is 12.9. The van der Waals surface area contributed by atoms with Gasteiger partial charge in [0.2, 0.25) is 5.91 Å². The number of imidazole rings is 1. The SMILES string of the molecule is CCCNC(=O)Cn1c(=O)n(S(=O)(=O)c2cccc(C)c2)c2ccccc21. The molecule has 0 atom stereocenters. The van der Waals surface area contributed by atoms with Crippen LogP contribution in [0.25, 0.3) is 11.0 Å². The molecule has 0 saturated carbocycles. The minimum absolute atomic E-state index is 0.0305. The summed E-state index contributed by atoms with van der Waals surface area (Å²) in [5.74, 6) is -0.338. The minimum atomic E-state index is -4.10. The van der Waals surface area contributed by atoms with Gasteiger partial charge in [0, 0.05) is 6.54 Å². The third kappa shape index (κ3) is 3.52. The van der Waals surface area contributed by atoms with E-state index in [1.54, 1.807) is 43.3 Å². The van der Waals surface area contributed by atoms with Crippen molar-refractivity contribution in [1.29, 1.82) is 0 Å². The summed E-state index contributed by atoms with van der Waals surface area (Å²) >= 11 is 0. The third-order valence-corrected chi connectivity index (χ3v) is 5.88. The normalized spacial score (nSPS) is 11.6. The van der Waals surface area contributed by atoms with E-state index in [0.717, 1.165) is 16.0 Å². The second-order valence-corrected chi connectivity index (χ2v) is 8.08. The molecule has 3 aromatic rings. The lowest BCUT2D eigenvalue weighted by Gasteiger charge is -2.06. The van der Waals surface area contributed by atoms with Gasteiger partial charge in [0.15, 0.2) is 0 Å². The number of nitrogens with zero attached hydrogens (tertiary/aromatic N) is 2. The highest BCUT2D eigenvalue weighted by molar-refractivity contribution is 7.90. The van der Waals surface area contributed by atoms with E-state index in [1.807, 2.05) is 6.92 Å². The first-order valence-corrected chi connectivity index (χ1v) is 10.1. The van der Waals surface area contributed by atoms with Crippen LogP contribution in [0.15, 0.2) is 58.2 Å². The molecule has 1 aromatic heterocycles. The Bertz CT molecular complexity index is 1160. The van der Waals surface area contributed by atoms with Crippen molar-refractivity contribution in [3.63, 3.8) is 0 Å². The van der Waals surface area contributed by atoms with Crippen LogP contribution in [0.4, 0.5) is 0 Å². The van der Waals surface area contributed by atoms with Crippen LogP contribution in [-0.4, -0.2) is 29.4 Å². The van der Waals surface area contributed by atoms with E-state index in [4.69, 9.17) is 0 Å². The number of fused-ring (bicyclic) bond motifs is 1. The first-order valence-electron chi connectivity index (χ1n) is 8.65. The van der Waals surface area contributed by atoms with Crippen molar-refractivity contribution in [1.82, 2.24) is 13.9 Å². The van der Waals surface area contributed by atoms with Crippen molar-refractivity contribution in [2.45, 2.75) is 31.7 Å². The molecule has 142 valence electrons. The standard InChI is InChI=1S/C19H21N3O4S/c1-3-11-20-18(23)13-21-16-9-4-5-10-17(16)22(19(21)24)27(25,26)15-8-6-7-14(2)12-15/h4-10,12H,3,11,13H2,1-2H3,(H,20,23). The molecule has 0 aliphatic heterocycles. The van der Waals surface area contributed by atoms with Crippen molar-refractivity contribution in [2.24, 2.45) is 0 Å². The summed E-state index contributed by atoms with van der Waals surface area (Å²) in [5, 5.41) is 2.70. The van der Waals surface area contributed by atoms with Crippen LogP contribution in [0.1, 0.15) is 18.9 Å². The molecule has 0 fully saturated rings. The predicted octanol–water partition coefficient (Wildman–Crippen LogP) is 1.87. The lowest BCUT2D eigenvalue weighted by atomic mass is 10.2. The molecule has 0 aliphatic carbocycles. The Balaban J connectivity index is 2.19. The Hall–Kier alpha value is -2.87. The molecule has 1 heterocycles. The van der Waals surface area contributed by atoms with E-state index in [-0.39, 0.29) is 22.9 Å². The Kier molecular flexibility index (Phi) is 5.18. The quantitative estimate of drug-likeness (QED) is 0.699. The molecule has 0 radical (unpaired) electrons. The van der Waals surface area contributed by atoms with Crippen LogP contribution >= 0.6 is 0 Å². The summed E-state index contributed by atoms with van der Waals surface area (Å²) in [7, 11) is -4.10. The Morgan fingerprint density at radius 3 is 2.44 bits per heavy atom. The van der Waals surface area contributed by atoms with Crippen LogP contribution in [0.3, 0.4) is 0 Å².